The zero-order chi connectivity index (χ0) is 33.5. The van der Waals surface area contributed by atoms with Crippen LogP contribution in [-0.2, 0) is 21.9 Å². The number of rotatable bonds is 1. The summed E-state index contributed by atoms with van der Waals surface area (Å²) in [6, 6.07) is 26.3. The van der Waals surface area contributed by atoms with E-state index in [-0.39, 0.29) is 35.8 Å². The number of anilines is 5. The maximum Gasteiger partial charge on any atom is 0.252 e. The largest absolute Gasteiger partial charge is 0.311 e. The second-order valence-electron chi connectivity index (χ2n) is 17.6. The van der Waals surface area contributed by atoms with Crippen LogP contribution in [0.4, 0.5) is 37.2 Å². The van der Waals surface area contributed by atoms with Gasteiger partial charge in [0.05, 0.1) is 0 Å². The van der Waals surface area contributed by atoms with Gasteiger partial charge >= 0.3 is 0 Å². The molecule has 0 radical (unpaired) electrons. The molecule has 0 bridgehead atoms. The maximum absolute atomic E-state index is 17.9. The van der Waals surface area contributed by atoms with E-state index in [1.165, 1.54) is 16.6 Å². The van der Waals surface area contributed by atoms with Crippen LogP contribution in [0, 0.1) is 0 Å². The van der Waals surface area contributed by atoms with E-state index in [0.29, 0.717) is 18.4 Å². The van der Waals surface area contributed by atoms with Crippen molar-refractivity contribution in [1.29, 1.82) is 0 Å². The molecule has 2 atom stereocenters. The van der Waals surface area contributed by atoms with Gasteiger partial charge in [0.1, 0.15) is 0 Å². The first-order valence-electron chi connectivity index (χ1n) is 17.5. The number of para-hydroxylation sites is 1. The molecule has 0 aromatic heterocycles. The molecular formula is C42H47BF2N2. The van der Waals surface area contributed by atoms with Crippen LogP contribution in [0.15, 0.2) is 72.8 Å². The lowest BCUT2D eigenvalue weighted by atomic mass is 9.33. The molecule has 0 amide bonds. The summed E-state index contributed by atoms with van der Waals surface area (Å²) >= 11 is 0. The first kappa shape index (κ1) is 30.7. The molecule has 2 nitrogen and oxygen atoms in total. The van der Waals surface area contributed by atoms with Crippen LogP contribution in [0.1, 0.15) is 110 Å². The van der Waals surface area contributed by atoms with E-state index in [9.17, 15) is 0 Å². The Hall–Kier alpha value is -3.60. The molecule has 1 saturated carbocycles. The van der Waals surface area contributed by atoms with Crippen molar-refractivity contribution in [2.75, 3.05) is 9.80 Å². The number of benzene rings is 4. The second kappa shape index (κ2) is 9.52. The molecule has 242 valence electrons. The molecule has 4 aromatic rings. The predicted octanol–water partition coefficient (Wildman–Crippen LogP) is 9.75. The van der Waals surface area contributed by atoms with Crippen molar-refractivity contribution < 1.29 is 8.78 Å². The topological polar surface area (TPSA) is 6.48 Å². The highest BCUT2D eigenvalue weighted by Crippen LogP contribution is 2.63. The number of nitrogens with zero attached hydrogens (tertiary/aromatic N) is 2. The van der Waals surface area contributed by atoms with Crippen molar-refractivity contribution in [2.45, 2.75) is 116 Å². The van der Waals surface area contributed by atoms with Gasteiger partial charge in [0, 0.05) is 40.4 Å². The van der Waals surface area contributed by atoms with Crippen LogP contribution in [0.3, 0.4) is 0 Å². The van der Waals surface area contributed by atoms with E-state index in [2.05, 4.69) is 128 Å². The molecular weight excluding hydrogens is 581 g/mol. The Labute approximate surface area is 280 Å². The highest BCUT2D eigenvalue weighted by molar-refractivity contribution is 7.00. The molecule has 0 saturated heterocycles. The smallest absolute Gasteiger partial charge is 0.252 e. The number of halogens is 2. The van der Waals surface area contributed by atoms with Gasteiger partial charge in [0.15, 0.2) is 5.67 Å². The summed E-state index contributed by atoms with van der Waals surface area (Å²) in [7, 11) is 0. The molecule has 5 heteroatoms. The highest BCUT2D eigenvalue weighted by Gasteiger charge is 2.68. The first-order chi connectivity index (χ1) is 21.9. The highest BCUT2D eigenvalue weighted by atomic mass is 19.2. The fourth-order valence-corrected chi connectivity index (χ4v) is 8.77. The van der Waals surface area contributed by atoms with E-state index >= 15 is 8.78 Å². The van der Waals surface area contributed by atoms with Crippen molar-refractivity contribution in [2.24, 2.45) is 0 Å². The standard InChI is InChI=1S/C42H47BF2N2/c1-38(2,3)26-15-18-29(19-16-26)46-33-20-17-27(39(4,5)6)23-32(33)43-31-14-12-13-30-37(31)47(42(45)22-11-10-21-41(30,42)44)35-25-28(40(7,8)9)24-34(46)36(35)43/h12-20,23-25H,10-11,21-22H2,1-9H3. The van der Waals surface area contributed by atoms with Crippen LogP contribution in [0.5, 0.6) is 0 Å². The number of fused-ring (bicyclic) bond motifs is 7. The van der Waals surface area contributed by atoms with Crippen molar-refractivity contribution in [3.8, 4) is 0 Å². The van der Waals surface area contributed by atoms with Gasteiger partial charge < -0.3 is 9.80 Å². The molecule has 8 rings (SSSR count). The fraction of sp³-hybridized carbons (Fsp3) is 0.429. The summed E-state index contributed by atoms with van der Waals surface area (Å²) in [6.45, 7) is 20.0. The molecule has 47 heavy (non-hydrogen) atoms. The minimum absolute atomic E-state index is 0.0296. The van der Waals surface area contributed by atoms with E-state index in [1.54, 1.807) is 0 Å². The summed E-state index contributed by atoms with van der Waals surface area (Å²) < 4.78 is 35.5. The normalized spacial score (nSPS) is 22.9. The number of alkyl halides is 2. The van der Waals surface area contributed by atoms with Gasteiger partial charge in [-0.3, -0.25) is 0 Å². The van der Waals surface area contributed by atoms with E-state index in [1.807, 2.05) is 17.0 Å². The molecule has 4 aliphatic rings. The predicted molar refractivity (Wildman–Crippen MR) is 196 cm³/mol. The monoisotopic (exact) mass is 628 g/mol. The Bertz CT molecular complexity index is 1940. The lowest BCUT2D eigenvalue weighted by molar-refractivity contribution is -0.0615. The lowest BCUT2D eigenvalue weighted by Crippen LogP contribution is -2.64. The molecule has 0 N–H and O–H groups in total. The van der Waals surface area contributed by atoms with Crippen molar-refractivity contribution >= 4 is 51.5 Å². The fourth-order valence-electron chi connectivity index (χ4n) is 8.77. The molecule has 0 spiro atoms. The van der Waals surface area contributed by atoms with Crippen LogP contribution in [0.25, 0.3) is 0 Å². The molecule has 4 aromatic carbocycles. The molecule has 1 aliphatic carbocycles. The van der Waals surface area contributed by atoms with Crippen molar-refractivity contribution in [1.82, 2.24) is 0 Å². The van der Waals surface area contributed by atoms with Gasteiger partial charge in [0.2, 0.25) is 5.79 Å². The molecule has 1 fully saturated rings. The average molecular weight is 629 g/mol. The third-order valence-corrected chi connectivity index (χ3v) is 11.5. The SMILES string of the molecule is CC(C)(C)c1ccc(N2c3ccc(C(C)(C)C)cc3B3c4cccc5c4N(c4cc(C(C)(C)C)cc2c43)C2(F)CCCCC52F)cc1. The van der Waals surface area contributed by atoms with Gasteiger partial charge in [-0.05, 0) is 98.9 Å². The third-order valence-electron chi connectivity index (χ3n) is 11.5. The molecule has 2 unspecified atom stereocenters. The first-order valence-corrected chi connectivity index (χ1v) is 17.5. The number of hydrogen-bond donors (Lipinski definition) is 0. The minimum atomic E-state index is -2.13. The Balaban J connectivity index is 1.49. The zero-order valence-corrected chi connectivity index (χ0v) is 29.5. The van der Waals surface area contributed by atoms with Gasteiger partial charge in [-0.1, -0.05) is 105 Å². The van der Waals surface area contributed by atoms with Crippen LogP contribution >= 0.6 is 0 Å². The van der Waals surface area contributed by atoms with Crippen LogP contribution in [0.2, 0.25) is 0 Å². The Morgan fingerprint density at radius 3 is 1.89 bits per heavy atom. The van der Waals surface area contributed by atoms with Gasteiger partial charge in [-0.2, -0.15) is 0 Å². The van der Waals surface area contributed by atoms with Gasteiger partial charge in [-0.15, -0.1) is 0 Å². The zero-order valence-electron chi connectivity index (χ0n) is 29.5. The quantitative estimate of drug-likeness (QED) is 0.135. The summed E-state index contributed by atoms with van der Waals surface area (Å²) in [6.07, 6.45) is 1.76. The van der Waals surface area contributed by atoms with E-state index < -0.39 is 11.5 Å². The maximum atomic E-state index is 17.9. The Morgan fingerprint density at radius 1 is 0.617 bits per heavy atom. The van der Waals surface area contributed by atoms with E-state index in [4.69, 9.17) is 0 Å². The lowest BCUT2D eigenvalue weighted by Gasteiger charge is -2.48. The van der Waals surface area contributed by atoms with Crippen molar-refractivity contribution in [3.05, 3.63) is 95.1 Å². The van der Waals surface area contributed by atoms with Crippen LogP contribution in [-0.4, -0.2) is 12.5 Å². The summed E-state index contributed by atoms with van der Waals surface area (Å²) in [5, 5.41) is 0. The molecule has 3 heterocycles. The summed E-state index contributed by atoms with van der Waals surface area (Å²) in [5.41, 5.74) is 10.0. The number of hydrogen-bond acceptors (Lipinski definition) is 2. The third kappa shape index (κ3) is 4.13. The Kier molecular flexibility index (Phi) is 6.22. The van der Waals surface area contributed by atoms with Crippen molar-refractivity contribution in [3.63, 3.8) is 0 Å². The van der Waals surface area contributed by atoms with E-state index in [0.717, 1.165) is 44.9 Å². The average Bonchev–Trinajstić information content (AvgIpc) is 3.21. The summed E-state index contributed by atoms with van der Waals surface area (Å²) in [5.74, 6) is -2.13. The second-order valence-corrected chi connectivity index (χ2v) is 17.6. The van der Waals surface area contributed by atoms with Crippen LogP contribution < -0.4 is 26.2 Å². The summed E-state index contributed by atoms with van der Waals surface area (Å²) in [4.78, 5) is 4.21. The minimum Gasteiger partial charge on any atom is -0.311 e. The van der Waals surface area contributed by atoms with Gasteiger partial charge in [-0.25, -0.2) is 8.78 Å². The Morgan fingerprint density at radius 2 is 1.23 bits per heavy atom. The molecule has 3 aliphatic heterocycles. The van der Waals surface area contributed by atoms with Gasteiger partial charge in [0.25, 0.3) is 6.71 Å².